The molecule has 0 aromatic heterocycles. The molecule has 0 saturated heterocycles. The minimum absolute atomic E-state index is 0.0950. The van der Waals surface area contributed by atoms with Crippen molar-refractivity contribution in [2.45, 2.75) is 32.5 Å². The summed E-state index contributed by atoms with van der Waals surface area (Å²) < 4.78 is 18.8. The minimum Gasteiger partial charge on any atom is -0.489 e. The maximum Gasteiger partial charge on any atom is 0.124 e. The minimum atomic E-state index is -0.360. The predicted octanol–water partition coefficient (Wildman–Crippen LogP) is 3.92. The maximum atomic E-state index is 13.0. The summed E-state index contributed by atoms with van der Waals surface area (Å²) in [6, 6.07) is 12.1. The Morgan fingerprint density at radius 2 is 2.09 bits per heavy atom. The van der Waals surface area contributed by atoms with Crippen LogP contribution in [0.5, 0.6) is 5.75 Å². The third-order valence-electron chi connectivity index (χ3n) is 3.62. The molecule has 5 heteroatoms. The Balaban J connectivity index is 1.94. The first-order chi connectivity index (χ1) is 11.1. The van der Waals surface area contributed by atoms with E-state index >= 15 is 0 Å². The van der Waals surface area contributed by atoms with Crippen LogP contribution in [0, 0.1) is 5.82 Å². The van der Waals surface area contributed by atoms with Gasteiger partial charge < -0.3 is 15.2 Å². The van der Waals surface area contributed by atoms with Crippen molar-refractivity contribution in [2.24, 2.45) is 0 Å². The fraction of sp³-hybridized carbons (Fsp3) is 0.333. The van der Waals surface area contributed by atoms with Crippen molar-refractivity contribution in [1.82, 2.24) is 5.32 Å². The summed E-state index contributed by atoms with van der Waals surface area (Å²) in [5, 5.41) is 12.8. The summed E-state index contributed by atoms with van der Waals surface area (Å²) in [6.07, 6.45) is 0.871. The Morgan fingerprint density at radius 3 is 2.78 bits per heavy atom. The van der Waals surface area contributed by atoms with E-state index in [9.17, 15) is 9.50 Å². The first kappa shape index (κ1) is 17.7. The van der Waals surface area contributed by atoms with Gasteiger partial charge in [0.25, 0.3) is 0 Å². The van der Waals surface area contributed by atoms with Crippen molar-refractivity contribution >= 4 is 11.6 Å². The van der Waals surface area contributed by atoms with E-state index < -0.39 is 0 Å². The van der Waals surface area contributed by atoms with Crippen LogP contribution in [0.15, 0.2) is 42.5 Å². The predicted molar refractivity (Wildman–Crippen MR) is 90.2 cm³/mol. The Bertz CT molecular complexity index is 632. The second kappa shape index (κ2) is 8.87. The molecule has 0 radical (unpaired) electrons. The molecule has 23 heavy (non-hydrogen) atoms. The van der Waals surface area contributed by atoms with E-state index in [1.807, 2.05) is 31.2 Å². The van der Waals surface area contributed by atoms with Gasteiger partial charge in [0, 0.05) is 18.2 Å². The number of benzene rings is 2. The lowest BCUT2D eigenvalue weighted by molar-refractivity contribution is 0.238. The number of aliphatic hydroxyl groups is 1. The molecule has 2 aromatic carbocycles. The number of hydrogen-bond donors (Lipinski definition) is 2. The van der Waals surface area contributed by atoms with Gasteiger partial charge in [0.2, 0.25) is 0 Å². The summed E-state index contributed by atoms with van der Waals surface area (Å²) in [6.45, 7) is 3.09. The number of halogens is 2. The number of hydrogen-bond acceptors (Lipinski definition) is 3. The van der Waals surface area contributed by atoms with Gasteiger partial charge in [-0.15, -0.1) is 0 Å². The normalized spacial score (nSPS) is 12.2. The van der Waals surface area contributed by atoms with Crippen molar-refractivity contribution in [3.8, 4) is 5.75 Å². The van der Waals surface area contributed by atoms with E-state index in [2.05, 4.69) is 5.32 Å². The van der Waals surface area contributed by atoms with E-state index in [4.69, 9.17) is 16.3 Å². The molecule has 0 aliphatic heterocycles. The van der Waals surface area contributed by atoms with E-state index in [1.165, 1.54) is 12.1 Å². The average Bonchev–Trinajstić information content (AvgIpc) is 2.55. The summed E-state index contributed by atoms with van der Waals surface area (Å²) in [5.41, 5.74) is 1.81. The highest BCUT2D eigenvalue weighted by Gasteiger charge is 2.06. The highest BCUT2D eigenvalue weighted by Crippen LogP contribution is 2.20. The quantitative estimate of drug-likeness (QED) is 0.767. The number of aliphatic hydroxyl groups excluding tert-OH is 1. The first-order valence-electron chi connectivity index (χ1n) is 7.62. The maximum absolute atomic E-state index is 13.0. The number of ether oxygens (including phenoxy) is 1. The molecule has 124 valence electrons. The molecule has 0 spiro atoms. The first-order valence-corrected chi connectivity index (χ1v) is 8.00. The van der Waals surface area contributed by atoms with Crippen molar-refractivity contribution in [2.75, 3.05) is 6.61 Å². The van der Waals surface area contributed by atoms with Gasteiger partial charge in [-0.25, -0.2) is 4.39 Å². The molecular weight excluding hydrogens is 317 g/mol. The average molecular weight is 338 g/mol. The summed E-state index contributed by atoms with van der Waals surface area (Å²) in [4.78, 5) is 0. The Morgan fingerprint density at radius 1 is 1.26 bits per heavy atom. The highest BCUT2D eigenvalue weighted by molar-refractivity contribution is 6.31. The topological polar surface area (TPSA) is 41.5 Å². The summed E-state index contributed by atoms with van der Waals surface area (Å²) >= 11 is 5.99. The monoisotopic (exact) mass is 337 g/mol. The summed E-state index contributed by atoms with van der Waals surface area (Å²) in [5.74, 6) is 0.364. The zero-order valence-electron chi connectivity index (χ0n) is 13.1. The molecule has 0 amide bonds. The van der Waals surface area contributed by atoms with E-state index in [0.717, 1.165) is 23.3 Å². The molecule has 3 nitrogen and oxygen atoms in total. The molecule has 0 unspecified atom stereocenters. The molecule has 0 fully saturated rings. The van der Waals surface area contributed by atoms with Gasteiger partial charge in [-0.05, 0) is 36.2 Å². The zero-order chi connectivity index (χ0) is 16.7. The Kier molecular flexibility index (Phi) is 6.84. The van der Waals surface area contributed by atoms with Crippen molar-refractivity contribution in [3.05, 3.63) is 64.4 Å². The van der Waals surface area contributed by atoms with Crippen LogP contribution in [0.1, 0.15) is 24.5 Å². The molecule has 2 rings (SSSR count). The van der Waals surface area contributed by atoms with Crippen LogP contribution in [-0.2, 0) is 13.2 Å². The van der Waals surface area contributed by atoms with Gasteiger partial charge in [-0.1, -0.05) is 36.7 Å². The van der Waals surface area contributed by atoms with Crippen molar-refractivity contribution in [3.63, 3.8) is 0 Å². The highest BCUT2D eigenvalue weighted by atomic mass is 35.5. The van der Waals surface area contributed by atoms with Gasteiger partial charge in [-0.3, -0.25) is 0 Å². The van der Waals surface area contributed by atoms with E-state index in [0.29, 0.717) is 11.6 Å². The lowest BCUT2D eigenvalue weighted by Gasteiger charge is -2.14. The third kappa shape index (κ3) is 5.50. The molecule has 2 N–H and O–H groups in total. The van der Waals surface area contributed by atoms with Crippen LogP contribution < -0.4 is 10.1 Å². The standard InChI is InChI=1S/C18H21ClFNO2/c1-2-16(11-22)21-10-13-4-3-5-17(8-13)23-12-14-6-7-15(20)9-18(14)19/h3-9,16,21-22H,2,10-12H2,1H3/t16-/m1/s1. The fourth-order valence-corrected chi connectivity index (χ4v) is 2.37. The van der Waals surface area contributed by atoms with Gasteiger partial charge in [0.15, 0.2) is 0 Å². The molecule has 2 aromatic rings. The number of nitrogens with one attached hydrogen (secondary N) is 1. The second-order valence-electron chi connectivity index (χ2n) is 5.34. The lowest BCUT2D eigenvalue weighted by Crippen LogP contribution is -2.31. The van der Waals surface area contributed by atoms with Gasteiger partial charge in [0.1, 0.15) is 18.2 Å². The van der Waals surface area contributed by atoms with Crippen LogP contribution in [-0.4, -0.2) is 17.8 Å². The van der Waals surface area contributed by atoms with E-state index in [-0.39, 0.29) is 25.1 Å². The summed E-state index contributed by atoms with van der Waals surface area (Å²) in [7, 11) is 0. The second-order valence-corrected chi connectivity index (χ2v) is 5.75. The van der Waals surface area contributed by atoms with Crippen molar-refractivity contribution < 1.29 is 14.2 Å². The smallest absolute Gasteiger partial charge is 0.124 e. The van der Waals surface area contributed by atoms with Gasteiger partial charge >= 0.3 is 0 Å². The zero-order valence-corrected chi connectivity index (χ0v) is 13.8. The molecule has 1 atom stereocenters. The van der Waals surface area contributed by atoms with Crippen LogP contribution in [0.4, 0.5) is 4.39 Å². The number of rotatable bonds is 8. The van der Waals surface area contributed by atoms with Gasteiger partial charge in [0.05, 0.1) is 11.6 Å². The van der Waals surface area contributed by atoms with Gasteiger partial charge in [-0.2, -0.15) is 0 Å². The Labute approximate surface area is 141 Å². The van der Waals surface area contributed by atoms with Crippen molar-refractivity contribution in [1.29, 1.82) is 0 Å². The fourth-order valence-electron chi connectivity index (χ4n) is 2.15. The third-order valence-corrected chi connectivity index (χ3v) is 3.97. The van der Waals surface area contributed by atoms with Crippen LogP contribution >= 0.6 is 11.6 Å². The largest absolute Gasteiger partial charge is 0.489 e. The molecule has 0 aliphatic rings. The van der Waals surface area contributed by atoms with E-state index in [1.54, 1.807) is 6.07 Å². The van der Waals surface area contributed by atoms with Crippen LogP contribution in [0.2, 0.25) is 5.02 Å². The molecule has 0 saturated carbocycles. The molecule has 0 aliphatic carbocycles. The Hall–Kier alpha value is -1.62. The van der Waals surface area contributed by atoms with Crippen LogP contribution in [0.25, 0.3) is 0 Å². The lowest BCUT2D eigenvalue weighted by atomic mass is 10.2. The molecule has 0 bridgehead atoms. The van der Waals surface area contributed by atoms with Crippen LogP contribution in [0.3, 0.4) is 0 Å². The molecular formula is C18H21ClFNO2. The molecule has 0 heterocycles. The SMILES string of the molecule is CC[C@H](CO)NCc1cccc(OCc2ccc(F)cc2Cl)c1.